The Labute approximate surface area is 379 Å². The Hall–Kier alpha value is -2.27. The zero-order chi connectivity index (χ0) is 46.1. The Balaban J connectivity index is 0.000000186. The van der Waals surface area contributed by atoms with Gasteiger partial charge in [0.2, 0.25) is 0 Å². The fourth-order valence-corrected chi connectivity index (χ4v) is 8.81. The lowest BCUT2D eigenvalue weighted by atomic mass is 9.92. The van der Waals surface area contributed by atoms with Crippen molar-refractivity contribution in [1.29, 1.82) is 0 Å². The van der Waals surface area contributed by atoms with Gasteiger partial charge in [-0.15, -0.1) is 0 Å². The van der Waals surface area contributed by atoms with E-state index >= 15 is 0 Å². The molecule has 0 atom stereocenters. The molecule has 14 nitrogen and oxygen atoms in total. The number of piperidine rings is 1. The SMILES string of the molecule is CCC(O)(CC)COCc1ccncc1.CCC1(CC)COC2(CCC(=O)CC2)O1.CCC1(CC)COC2(CCOCC2)O1.CCOC(=O)N1CCC2(CC1)OCC(CC)(CC)O2. The van der Waals surface area contributed by atoms with Crippen molar-refractivity contribution in [3.05, 3.63) is 30.1 Å². The number of aromatic nitrogens is 1. The molecule has 0 radical (unpaired) electrons. The third-order valence-corrected chi connectivity index (χ3v) is 14.4. The molecule has 5 aliphatic heterocycles. The summed E-state index contributed by atoms with van der Waals surface area (Å²) in [4.78, 5) is 28.5. The van der Waals surface area contributed by atoms with Crippen LogP contribution in [0.15, 0.2) is 24.5 Å². The van der Waals surface area contributed by atoms with Crippen molar-refractivity contribution in [3.8, 4) is 0 Å². The monoisotopic (exact) mass is 893 g/mol. The lowest BCUT2D eigenvalue weighted by Gasteiger charge is -2.38. The topological polar surface area (TPSA) is 154 Å². The van der Waals surface area contributed by atoms with Crippen molar-refractivity contribution in [2.24, 2.45) is 0 Å². The smallest absolute Gasteiger partial charge is 0.409 e. The number of pyridine rings is 1. The molecule has 6 heterocycles. The highest BCUT2D eigenvalue weighted by Crippen LogP contribution is 2.45. The first-order valence-electron chi connectivity index (χ1n) is 24.4. The molecule has 6 fully saturated rings. The van der Waals surface area contributed by atoms with Gasteiger partial charge in [0.1, 0.15) is 5.78 Å². The van der Waals surface area contributed by atoms with Crippen LogP contribution in [0, 0.1) is 0 Å². The van der Waals surface area contributed by atoms with Gasteiger partial charge in [-0.2, -0.15) is 0 Å². The van der Waals surface area contributed by atoms with Crippen LogP contribution in [0.2, 0.25) is 0 Å². The maximum absolute atomic E-state index is 11.7. The molecule has 6 aliphatic rings. The van der Waals surface area contributed by atoms with Crippen LogP contribution in [0.1, 0.15) is 171 Å². The van der Waals surface area contributed by atoms with Crippen molar-refractivity contribution in [3.63, 3.8) is 0 Å². The minimum absolute atomic E-state index is 0.0304. The highest BCUT2D eigenvalue weighted by atomic mass is 16.8. The third kappa shape index (κ3) is 14.6. The van der Waals surface area contributed by atoms with Gasteiger partial charge < -0.3 is 52.6 Å². The summed E-state index contributed by atoms with van der Waals surface area (Å²) in [6.07, 6.45) is 16.6. The van der Waals surface area contributed by atoms with Crippen LogP contribution in [0.5, 0.6) is 0 Å². The predicted molar refractivity (Wildman–Crippen MR) is 240 cm³/mol. The zero-order valence-corrected chi connectivity index (χ0v) is 40.5. The van der Waals surface area contributed by atoms with E-state index in [1.165, 1.54) is 0 Å². The number of hydrogen-bond donors (Lipinski definition) is 1. The highest BCUT2D eigenvalue weighted by Gasteiger charge is 2.52. The van der Waals surface area contributed by atoms with Crippen LogP contribution in [0.25, 0.3) is 0 Å². The van der Waals surface area contributed by atoms with E-state index < -0.39 is 17.2 Å². The van der Waals surface area contributed by atoms with Gasteiger partial charge >= 0.3 is 6.09 Å². The molecular weight excluding hydrogens is 809 g/mol. The van der Waals surface area contributed by atoms with Crippen LogP contribution < -0.4 is 0 Å². The fraction of sp³-hybridized carbons (Fsp3) is 0.857. The van der Waals surface area contributed by atoms with Gasteiger partial charge in [0, 0.05) is 76.8 Å². The Morgan fingerprint density at radius 2 is 1.11 bits per heavy atom. The molecule has 0 aromatic carbocycles. The number of Topliss-reactive ketones (excluding diaryl/α,β-unsaturated/α-hetero) is 1. The summed E-state index contributed by atoms with van der Waals surface area (Å²) in [7, 11) is 0. The minimum atomic E-state index is -0.674. The number of ketones is 1. The molecule has 0 bridgehead atoms. The molecule has 3 spiro atoms. The summed E-state index contributed by atoms with van der Waals surface area (Å²) < 4.78 is 52.1. The van der Waals surface area contributed by atoms with Crippen molar-refractivity contribution in [2.75, 3.05) is 59.3 Å². The lowest BCUT2D eigenvalue weighted by Crippen LogP contribution is -2.48. The minimum Gasteiger partial charge on any atom is -0.450 e. The number of likely N-dealkylation sites (tertiary alicyclic amines) is 1. The Morgan fingerprint density at radius 1 is 0.683 bits per heavy atom. The molecule has 7 rings (SSSR count). The molecular formula is C49H84N2O12. The van der Waals surface area contributed by atoms with Gasteiger partial charge in [-0.25, -0.2) is 4.79 Å². The van der Waals surface area contributed by atoms with E-state index in [0.717, 1.165) is 115 Å². The van der Waals surface area contributed by atoms with E-state index in [4.69, 9.17) is 42.6 Å². The molecule has 1 N–H and O–H groups in total. The van der Waals surface area contributed by atoms with Crippen molar-refractivity contribution in [2.45, 2.75) is 211 Å². The average Bonchev–Trinajstić information content (AvgIpc) is 4.01. The van der Waals surface area contributed by atoms with Crippen LogP contribution in [0.3, 0.4) is 0 Å². The number of rotatable bonds is 13. The molecule has 14 heteroatoms. The Bertz CT molecular complexity index is 1470. The van der Waals surface area contributed by atoms with Crippen LogP contribution in [-0.2, 0) is 54.0 Å². The molecule has 5 saturated heterocycles. The third-order valence-electron chi connectivity index (χ3n) is 14.4. The van der Waals surface area contributed by atoms with E-state index in [1.807, 2.05) is 32.9 Å². The Kier molecular flexibility index (Phi) is 20.7. The van der Waals surface area contributed by atoms with E-state index in [-0.39, 0.29) is 28.7 Å². The number of aliphatic hydroxyl groups is 1. The van der Waals surface area contributed by atoms with E-state index in [0.29, 0.717) is 64.7 Å². The number of carbonyl (C=O) groups is 2. The summed E-state index contributed by atoms with van der Waals surface area (Å²) in [5, 5.41) is 9.97. The molecule has 1 saturated carbocycles. The quantitative estimate of drug-likeness (QED) is 0.200. The summed E-state index contributed by atoms with van der Waals surface area (Å²) >= 11 is 0. The van der Waals surface area contributed by atoms with Gasteiger partial charge in [0.15, 0.2) is 17.4 Å². The fourth-order valence-electron chi connectivity index (χ4n) is 8.81. The van der Waals surface area contributed by atoms with E-state index in [2.05, 4.69) is 46.5 Å². The summed E-state index contributed by atoms with van der Waals surface area (Å²) in [6, 6.07) is 3.83. The summed E-state index contributed by atoms with van der Waals surface area (Å²) in [5.74, 6) is -0.877. The first-order valence-corrected chi connectivity index (χ1v) is 24.4. The number of carbonyl (C=O) groups excluding carboxylic acids is 2. The predicted octanol–water partition coefficient (Wildman–Crippen LogP) is 9.22. The van der Waals surface area contributed by atoms with Crippen LogP contribution in [-0.4, -0.2) is 126 Å². The first kappa shape index (κ1) is 53.3. The second kappa shape index (κ2) is 24.5. The van der Waals surface area contributed by atoms with Gasteiger partial charge in [-0.3, -0.25) is 9.78 Å². The largest absolute Gasteiger partial charge is 0.450 e. The molecule has 1 aromatic rings. The lowest BCUT2D eigenvalue weighted by molar-refractivity contribution is -0.226. The van der Waals surface area contributed by atoms with Crippen molar-refractivity contribution < 1.29 is 57.3 Å². The molecule has 1 amide bonds. The normalized spacial score (nSPS) is 23.6. The maximum Gasteiger partial charge on any atom is 0.409 e. The molecule has 1 aliphatic carbocycles. The van der Waals surface area contributed by atoms with Gasteiger partial charge in [0.05, 0.1) is 75.3 Å². The van der Waals surface area contributed by atoms with E-state index in [1.54, 1.807) is 17.3 Å². The second-order valence-corrected chi connectivity index (χ2v) is 18.2. The molecule has 63 heavy (non-hydrogen) atoms. The van der Waals surface area contributed by atoms with Crippen LogP contribution >= 0.6 is 0 Å². The van der Waals surface area contributed by atoms with Crippen LogP contribution in [0.4, 0.5) is 4.79 Å². The summed E-state index contributed by atoms with van der Waals surface area (Å²) in [5.41, 5.74) is 0.149. The van der Waals surface area contributed by atoms with Crippen molar-refractivity contribution in [1.82, 2.24) is 9.88 Å². The second-order valence-electron chi connectivity index (χ2n) is 18.2. The number of hydrogen-bond acceptors (Lipinski definition) is 13. The average molecular weight is 893 g/mol. The number of amides is 1. The highest BCUT2D eigenvalue weighted by molar-refractivity contribution is 5.79. The molecule has 362 valence electrons. The zero-order valence-electron chi connectivity index (χ0n) is 40.5. The van der Waals surface area contributed by atoms with Crippen molar-refractivity contribution >= 4 is 11.9 Å². The number of ether oxygens (including phenoxy) is 9. The van der Waals surface area contributed by atoms with Gasteiger partial charge in [0.25, 0.3) is 0 Å². The maximum atomic E-state index is 11.7. The first-order chi connectivity index (χ1) is 30.2. The van der Waals surface area contributed by atoms with Gasteiger partial charge in [-0.05, 0) is 76.0 Å². The number of nitrogens with zero attached hydrogens (tertiary/aromatic N) is 2. The molecule has 1 aromatic heterocycles. The van der Waals surface area contributed by atoms with Gasteiger partial charge in [-0.1, -0.05) is 55.4 Å². The molecule has 0 unspecified atom stereocenters. The standard InChI is InChI=1S/C14H25NO4.C12H19NO2.C12H20O3.C11H20O3/c1-4-13(5-2)11-18-14(19-13)7-9-15(10-8-14)12(16)17-6-3;1-3-12(14,4-2)10-15-9-11-5-7-13-8-6-11;1-3-11(4-2)9-14-12(15-11)7-5-10(13)6-8-12;1-3-10(4-2)9-13-11(14-10)5-7-12-8-6-11/h4-11H2,1-3H3;5-8,14H,3-4,9-10H2,1-2H3;3-9H2,1-2H3;3-9H2,1-2H3. The summed E-state index contributed by atoms with van der Waals surface area (Å²) in [6.45, 7) is 24.9. The van der Waals surface area contributed by atoms with E-state index in [9.17, 15) is 14.7 Å². The Morgan fingerprint density at radius 3 is 1.51 bits per heavy atom.